The van der Waals surface area contributed by atoms with Crippen LogP contribution >= 0.6 is 0 Å². The van der Waals surface area contributed by atoms with Gasteiger partial charge in [0.1, 0.15) is 0 Å². The number of carbonyl (C=O) groups excluding carboxylic acids is 1. The maximum atomic E-state index is 12.9. The summed E-state index contributed by atoms with van der Waals surface area (Å²) >= 11 is 0. The summed E-state index contributed by atoms with van der Waals surface area (Å²) in [5.74, 6) is 1.73. The predicted molar refractivity (Wildman–Crippen MR) is 97.3 cm³/mol. The van der Waals surface area contributed by atoms with Gasteiger partial charge in [-0.1, -0.05) is 37.3 Å². The van der Waals surface area contributed by atoms with Crippen molar-refractivity contribution in [2.45, 2.75) is 70.4 Å². The van der Waals surface area contributed by atoms with Crippen molar-refractivity contribution in [3.63, 3.8) is 0 Å². The number of amides is 1. The lowest BCUT2D eigenvalue weighted by atomic mass is 9.86. The first-order chi connectivity index (χ1) is 12.5. The summed E-state index contributed by atoms with van der Waals surface area (Å²) in [5, 5.41) is 14.8. The molecule has 1 amide bonds. The van der Waals surface area contributed by atoms with Gasteiger partial charge >= 0.3 is 0 Å². The molecule has 1 saturated carbocycles. The molecule has 1 aliphatic carbocycles. The molecule has 1 aliphatic heterocycles. The third-order valence-electron chi connectivity index (χ3n) is 5.74. The first kappa shape index (κ1) is 19.3. The van der Waals surface area contributed by atoms with Crippen molar-refractivity contribution in [3.8, 4) is 0 Å². The average Bonchev–Trinajstić information content (AvgIpc) is 3.02. The number of aliphatic hydroxyl groups is 1. The molecular formula is C19H32N4O3. The monoisotopic (exact) mass is 364 g/mol. The van der Waals surface area contributed by atoms with E-state index in [0.29, 0.717) is 24.7 Å². The van der Waals surface area contributed by atoms with Gasteiger partial charge in [0, 0.05) is 19.6 Å². The second kappa shape index (κ2) is 8.48. The van der Waals surface area contributed by atoms with Crippen LogP contribution in [0.5, 0.6) is 0 Å². The van der Waals surface area contributed by atoms with Gasteiger partial charge in [0.15, 0.2) is 11.4 Å². The zero-order valence-electron chi connectivity index (χ0n) is 16.1. The molecule has 2 aliphatic rings. The quantitative estimate of drug-likeness (QED) is 0.798. The molecule has 7 nitrogen and oxygen atoms in total. The summed E-state index contributed by atoms with van der Waals surface area (Å²) in [7, 11) is 1.87. The molecule has 0 radical (unpaired) electrons. The van der Waals surface area contributed by atoms with E-state index in [1.165, 1.54) is 32.1 Å². The molecule has 1 aromatic rings. The van der Waals surface area contributed by atoms with Gasteiger partial charge in [-0.25, -0.2) is 0 Å². The standard InChI is InChI=1S/C19H32N4O3/c1-15-20-17(26-21-15)13-22(2)14-19(25)10-6-11-23(18(19)24)12-9-16-7-4-3-5-8-16/h16,25H,3-14H2,1-2H3/t19-/m1/s1. The van der Waals surface area contributed by atoms with E-state index in [1.54, 1.807) is 6.92 Å². The number of nitrogens with zero attached hydrogens (tertiary/aromatic N) is 4. The Labute approximate surface area is 155 Å². The number of likely N-dealkylation sites (tertiary alicyclic amines) is 1. The molecule has 146 valence electrons. The van der Waals surface area contributed by atoms with E-state index in [4.69, 9.17) is 4.52 Å². The largest absolute Gasteiger partial charge is 0.379 e. The molecule has 26 heavy (non-hydrogen) atoms. The second-order valence-corrected chi connectivity index (χ2v) is 8.13. The SMILES string of the molecule is Cc1noc(CN(C)C[C@]2(O)CCCN(CCC3CCCCC3)C2=O)n1. The Morgan fingerprint density at radius 3 is 2.77 bits per heavy atom. The molecule has 0 unspecified atom stereocenters. The Hall–Kier alpha value is -1.47. The molecule has 1 saturated heterocycles. The highest BCUT2D eigenvalue weighted by molar-refractivity contribution is 5.86. The summed E-state index contributed by atoms with van der Waals surface area (Å²) in [5.41, 5.74) is -1.31. The normalized spacial score (nSPS) is 25.2. The van der Waals surface area contributed by atoms with Crippen molar-refractivity contribution < 1.29 is 14.4 Å². The van der Waals surface area contributed by atoms with Crippen LogP contribution in [0.25, 0.3) is 0 Å². The molecule has 0 spiro atoms. The maximum absolute atomic E-state index is 12.9. The van der Waals surface area contributed by atoms with Crippen LogP contribution in [0, 0.1) is 12.8 Å². The van der Waals surface area contributed by atoms with E-state index in [0.717, 1.165) is 31.8 Å². The van der Waals surface area contributed by atoms with Gasteiger partial charge in [-0.3, -0.25) is 9.69 Å². The first-order valence-electron chi connectivity index (χ1n) is 9.96. The third kappa shape index (κ3) is 4.82. The fraction of sp³-hybridized carbons (Fsp3) is 0.842. The van der Waals surface area contributed by atoms with Gasteiger partial charge < -0.3 is 14.5 Å². The Morgan fingerprint density at radius 2 is 2.08 bits per heavy atom. The highest BCUT2D eigenvalue weighted by Gasteiger charge is 2.43. The van der Waals surface area contributed by atoms with E-state index in [1.807, 2.05) is 16.8 Å². The van der Waals surface area contributed by atoms with Gasteiger partial charge in [-0.15, -0.1) is 0 Å². The van der Waals surface area contributed by atoms with E-state index in [9.17, 15) is 9.90 Å². The fourth-order valence-electron chi connectivity index (χ4n) is 4.38. The highest BCUT2D eigenvalue weighted by Crippen LogP contribution is 2.29. The molecule has 0 aromatic carbocycles. The van der Waals surface area contributed by atoms with Gasteiger partial charge in [0.25, 0.3) is 5.91 Å². The van der Waals surface area contributed by atoms with E-state index in [2.05, 4.69) is 10.1 Å². The molecule has 1 aromatic heterocycles. The highest BCUT2D eigenvalue weighted by atomic mass is 16.5. The Bertz CT molecular complexity index is 599. The van der Waals surface area contributed by atoms with Crippen molar-refractivity contribution in [1.82, 2.24) is 19.9 Å². The van der Waals surface area contributed by atoms with Crippen LogP contribution in [0.3, 0.4) is 0 Å². The van der Waals surface area contributed by atoms with Crippen LogP contribution in [0.2, 0.25) is 0 Å². The fourth-order valence-corrected chi connectivity index (χ4v) is 4.38. The zero-order chi connectivity index (χ0) is 18.6. The van der Waals surface area contributed by atoms with E-state index in [-0.39, 0.29) is 12.5 Å². The van der Waals surface area contributed by atoms with Gasteiger partial charge in [-0.2, -0.15) is 4.98 Å². The number of likely N-dealkylation sites (N-methyl/N-ethyl adjacent to an activating group) is 1. The summed E-state index contributed by atoms with van der Waals surface area (Å²) < 4.78 is 5.13. The minimum absolute atomic E-state index is 0.117. The minimum Gasteiger partial charge on any atom is -0.379 e. The van der Waals surface area contributed by atoms with E-state index < -0.39 is 5.60 Å². The van der Waals surface area contributed by atoms with E-state index >= 15 is 0 Å². The maximum Gasteiger partial charge on any atom is 0.255 e. The lowest BCUT2D eigenvalue weighted by Crippen LogP contribution is -2.58. The lowest BCUT2D eigenvalue weighted by molar-refractivity contribution is -0.159. The molecule has 0 bridgehead atoms. The molecule has 1 atom stereocenters. The summed E-state index contributed by atoms with van der Waals surface area (Å²) in [6.07, 6.45) is 9.01. The second-order valence-electron chi connectivity index (χ2n) is 8.13. The average molecular weight is 364 g/mol. The number of hydrogen-bond acceptors (Lipinski definition) is 6. The molecule has 3 rings (SSSR count). The van der Waals surface area contributed by atoms with Crippen molar-refractivity contribution in [2.24, 2.45) is 5.92 Å². The number of aryl methyl sites for hydroxylation is 1. The molecular weight excluding hydrogens is 332 g/mol. The molecule has 7 heteroatoms. The van der Waals surface area contributed by atoms with Crippen molar-refractivity contribution in [2.75, 3.05) is 26.7 Å². The van der Waals surface area contributed by atoms with Crippen LogP contribution in [-0.2, 0) is 11.3 Å². The first-order valence-corrected chi connectivity index (χ1v) is 9.96. The Balaban J connectivity index is 1.52. The van der Waals surface area contributed by atoms with Gasteiger partial charge in [-0.05, 0) is 39.2 Å². The number of rotatable bonds is 7. The molecule has 2 heterocycles. The topological polar surface area (TPSA) is 82.7 Å². The number of carbonyl (C=O) groups is 1. The summed E-state index contributed by atoms with van der Waals surface area (Å²) in [4.78, 5) is 20.9. The number of piperidine rings is 1. The van der Waals surface area contributed by atoms with Crippen molar-refractivity contribution >= 4 is 5.91 Å². The van der Waals surface area contributed by atoms with Crippen LogP contribution in [0.15, 0.2) is 4.52 Å². The number of hydrogen-bond donors (Lipinski definition) is 1. The number of aromatic nitrogens is 2. The zero-order valence-corrected chi connectivity index (χ0v) is 16.1. The summed E-state index contributed by atoms with van der Waals surface area (Å²) in [6.45, 7) is 4.03. The van der Waals surface area contributed by atoms with Crippen LogP contribution < -0.4 is 0 Å². The van der Waals surface area contributed by atoms with Crippen LogP contribution in [-0.4, -0.2) is 63.2 Å². The lowest BCUT2D eigenvalue weighted by Gasteiger charge is -2.40. The van der Waals surface area contributed by atoms with Crippen LogP contribution in [0.1, 0.15) is 63.1 Å². The smallest absolute Gasteiger partial charge is 0.255 e. The Morgan fingerprint density at radius 1 is 1.31 bits per heavy atom. The van der Waals surface area contributed by atoms with Gasteiger partial charge in [0.05, 0.1) is 6.54 Å². The van der Waals surface area contributed by atoms with Crippen molar-refractivity contribution in [3.05, 3.63) is 11.7 Å². The molecule has 2 fully saturated rings. The summed E-state index contributed by atoms with van der Waals surface area (Å²) in [6, 6.07) is 0. The third-order valence-corrected chi connectivity index (χ3v) is 5.74. The molecule has 1 N–H and O–H groups in total. The van der Waals surface area contributed by atoms with Gasteiger partial charge in [0.2, 0.25) is 5.89 Å². The minimum atomic E-state index is -1.31. The van der Waals surface area contributed by atoms with Crippen molar-refractivity contribution in [1.29, 1.82) is 0 Å². The Kier molecular flexibility index (Phi) is 6.29. The predicted octanol–water partition coefficient (Wildman–Crippen LogP) is 2.13. The van der Waals surface area contributed by atoms with Crippen LogP contribution in [0.4, 0.5) is 0 Å².